The Bertz CT molecular complexity index is 340. The summed E-state index contributed by atoms with van der Waals surface area (Å²) in [5, 5.41) is 12.9. The van der Waals surface area contributed by atoms with Crippen molar-refractivity contribution in [2.24, 2.45) is 0 Å². The summed E-state index contributed by atoms with van der Waals surface area (Å²) in [6.45, 7) is 3.36. The second kappa shape index (κ2) is 3.67. The number of rotatable bonds is 0. The van der Waals surface area contributed by atoms with Crippen molar-refractivity contribution in [2.75, 3.05) is 13.1 Å². The van der Waals surface area contributed by atoms with E-state index in [0.717, 1.165) is 17.7 Å². The van der Waals surface area contributed by atoms with Gasteiger partial charge in [0.1, 0.15) is 5.82 Å². The average molecular weight is 195 g/mol. The van der Waals surface area contributed by atoms with E-state index in [9.17, 15) is 9.50 Å². The molecular weight excluding hydrogens is 181 g/mol. The second-order valence-corrected chi connectivity index (χ2v) is 3.85. The molecule has 2 N–H and O–H groups in total. The monoisotopic (exact) mass is 195 g/mol. The summed E-state index contributed by atoms with van der Waals surface area (Å²) in [6.07, 6.45) is -0.518. The molecule has 0 spiro atoms. The van der Waals surface area contributed by atoms with E-state index in [2.05, 4.69) is 5.32 Å². The Hall–Kier alpha value is -0.930. The van der Waals surface area contributed by atoms with Gasteiger partial charge in [0, 0.05) is 13.1 Å². The van der Waals surface area contributed by atoms with E-state index < -0.39 is 6.10 Å². The van der Waals surface area contributed by atoms with Gasteiger partial charge in [0.15, 0.2) is 0 Å². The minimum Gasteiger partial charge on any atom is -0.387 e. The van der Waals surface area contributed by atoms with E-state index >= 15 is 0 Å². The lowest BCUT2D eigenvalue weighted by Gasteiger charge is -2.13. The van der Waals surface area contributed by atoms with E-state index in [1.165, 1.54) is 12.1 Å². The van der Waals surface area contributed by atoms with Crippen LogP contribution in [0.4, 0.5) is 4.39 Å². The predicted octanol–water partition coefficient (Wildman–Crippen LogP) is 1.57. The molecule has 0 aliphatic carbocycles. The molecule has 0 aromatic heterocycles. The number of nitrogens with one attached hydrogen (secondary N) is 1. The highest BCUT2D eigenvalue weighted by Crippen LogP contribution is 2.27. The van der Waals surface area contributed by atoms with Crippen molar-refractivity contribution in [3.05, 3.63) is 35.1 Å². The van der Waals surface area contributed by atoms with Gasteiger partial charge in [0.25, 0.3) is 0 Å². The van der Waals surface area contributed by atoms with Crippen LogP contribution in [0.5, 0.6) is 0 Å². The van der Waals surface area contributed by atoms with Gasteiger partial charge in [-0.15, -0.1) is 0 Å². The molecular formula is C11H14FNO. The number of aliphatic hydroxyl groups is 1. The molecule has 0 radical (unpaired) electrons. The van der Waals surface area contributed by atoms with Gasteiger partial charge in [-0.05, 0) is 29.2 Å². The van der Waals surface area contributed by atoms with Crippen molar-refractivity contribution in [3.8, 4) is 0 Å². The molecule has 2 nitrogen and oxygen atoms in total. The molecule has 1 aliphatic heterocycles. The van der Waals surface area contributed by atoms with E-state index in [1.54, 1.807) is 6.07 Å². The minimum atomic E-state index is -0.518. The highest BCUT2D eigenvalue weighted by atomic mass is 19.1. The van der Waals surface area contributed by atoms with Crippen LogP contribution < -0.4 is 5.32 Å². The van der Waals surface area contributed by atoms with Gasteiger partial charge < -0.3 is 10.4 Å². The number of hydrogen-bond acceptors (Lipinski definition) is 2. The standard InChI is InChI=1S/C11H14FNO/c1-7-5-13-6-11(14)9-3-2-8(12)4-10(7)9/h2-4,7,11,13-14H,5-6H2,1H3. The molecule has 14 heavy (non-hydrogen) atoms. The number of fused-ring (bicyclic) bond motifs is 1. The van der Waals surface area contributed by atoms with Crippen LogP contribution in [0.25, 0.3) is 0 Å². The van der Waals surface area contributed by atoms with Crippen LogP contribution in [-0.2, 0) is 0 Å². The van der Waals surface area contributed by atoms with Crippen molar-refractivity contribution < 1.29 is 9.50 Å². The first-order valence-corrected chi connectivity index (χ1v) is 4.86. The number of benzene rings is 1. The molecule has 2 rings (SSSR count). The SMILES string of the molecule is CC1CNCC(O)c2ccc(F)cc21. The average Bonchev–Trinajstić information content (AvgIpc) is 2.28. The number of hydrogen-bond donors (Lipinski definition) is 2. The van der Waals surface area contributed by atoms with Crippen LogP contribution in [0.15, 0.2) is 18.2 Å². The summed E-state index contributed by atoms with van der Waals surface area (Å²) in [5.74, 6) is 0.0162. The maximum Gasteiger partial charge on any atom is 0.123 e. The fraction of sp³-hybridized carbons (Fsp3) is 0.455. The zero-order chi connectivity index (χ0) is 10.1. The van der Waals surface area contributed by atoms with Crippen molar-refractivity contribution >= 4 is 0 Å². The largest absolute Gasteiger partial charge is 0.387 e. The van der Waals surface area contributed by atoms with Crippen molar-refractivity contribution in [1.82, 2.24) is 5.32 Å². The highest BCUT2D eigenvalue weighted by Gasteiger charge is 2.20. The van der Waals surface area contributed by atoms with E-state index in [0.29, 0.717) is 6.54 Å². The topological polar surface area (TPSA) is 32.3 Å². The molecule has 1 aliphatic rings. The lowest BCUT2D eigenvalue weighted by atomic mass is 9.94. The summed E-state index contributed by atoms with van der Waals surface area (Å²) in [7, 11) is 0. The molecule has 0 saturated heterocycles. The minimum absolute atomic E-state index is 0.232. The van der Waals surface area contributed by atoms with E-state index in [1.807, 2.05) is 6.92 Å². The third-order valence-electron chi connectivity index (χ3n) is 2.73. The van der Waals surface area contributed by atoms with Crippen LogP contribution in [-0.4, -0.2) is 18.2 Å². The van der Waals surface area contributed by atoms with Crippen LogP contribution in [0.3, 0.4) is 0 Å². The Morgan fingerprint density at radius 3 is 2.93 bits per heavy atom. The van der Waals surface area contributed by atoms with Gasteiger partial charge in [-0.25, -0.2) is 4.39 Å². The summed E-state index contributed by atoms with van der Waals surface area (Å²) < 4.78 is 13.0. The number of halogens is 1. The van der Waals surface area contributed by atoms with Crippen molar-refractivity contribution in [2.45, 2.75) is 18.9 Å². The lowest BCUT2D eigenvalue weighted by molar-refractivity contribution is 0.178. The normalized spacial score (nSPS) is 26.8. The molecule has 3 heteroatoms. The first-order valence-electron chi connectivity index (χ1n) is 4.86. The maximum atomic E-state index is 13.0. The van der Waals surface area contributed by atoms with Gasteiger partial charge in [0.05, 0.1) is 6.10 Å². The Balaban J connectivity index is 2.48. The molecule has 1 heterocycles. The second-order valence-electron chi connectivity index (χ2n) is 3.85. The first-order chi connectivity index (χ1) is 6.68. The summed E-state index contributed by atoms with van der Waals surface area (Å²) >= 11 is 0. The van der Waals surface area contributed by atoms with E-state index in [-0.39, 0.29) is 11.7 Å². The third kappa shape index (κ3) is 1.65. The van der Waals surface area contributed by atoms with Crippen molar-refractivity contribution in [3.63, 3.8) is 0 Å². The molecule has 2 atom stereocenters. The molecule has 0 fully saturated rings. The van der Waals surface area contributed by atoms with Gasteiger partial charge >= 0.3 is 0 Å². The fourth-order valence-electron chi connectivity index (χ4n) is 1.93. The molecule has 0 bridgehead atoms. The zero-order valence-electron chi connectivity index (χ0n) is 8.13. The predicted molar refractivity (Wildman–Crippen MR) is 52.6 cm³/mol. The first kappa shape index (κ1) is 9.62. The highest BCUT2D eigenvalue weighted by molar-refractivity contribution is 5.34. The van der Waals surface area contributed by atoms with Crippen LogP contribution in [0.1, 0.15) is 30.1 Å². The third-order valence-corrected chi connectivity index (χ3v) is 2.73. The lowest BCUT2D eigenvalue weighted by Crippen LogP contribution is -2.21. The number of aliphatic hydroxyl groups excluding tert-OH is 1. The summed E-state index contributed by atoms with van der Waals surface area (Å²) in [6, 6.07) is 4.61. The molecule has 1 aromatic carbocycles. The fourth-order valence-corrected chi connectivity index (χ4v) is 1.93. The van der Waals surface area contributed by atoms with Gasteiger partial charge in [-0.1, -0.05) is 13.0 Å². The Morgan fingerprint density at radius 2 is 2.14 bits per heavy atom. The zero-order valence-corrected chi connectivity index (χ0v) is 8.13. The Kier molecular flexibility index (Phi) is 2.52. The Labute approximate surface area is 82.8 Å². The van der Waals surface area contributed by atoms with Gasteiger partial charge in [-0.2, -0.15) is 0 Å². The Morgan fingerprint density at radius 1 is 1.36 bits per heavy atom. The van der Waals surface area contributed by atoms with Gasteiger partial charge in [0.2, 0.25) is 0 Å². The molecule has 0 saturated carbocycles. The maximum absolute atomic E-state index is 13.0. The van der Waals surface area contributed by atoms with Gasteiger partial charge in [-0.3, -0.25) is 0 Å². The molecule has 0 amide bonds. The summed E-state index contributed by atoms with van der Waals surface area (Å²) in [4.78, 5) is 0. The smallest absolute Gasteiger partial charge is 0.123 e. The van der Waals surface area contributed by atoms with Crippen LogP contribution in [0, 0.1) is 5.82 Å². The summed E-state index contributed by atoms with van der Waals surface area (Å²) in [5.41, 5.74) is 1.77. The molecule has 2 unspecified atom stereocenters. The van der Waals surface area contributed by atoms with Crippen molar-refractivity contribution in [1.29, 1.82) is 0 Å². The van der Waals surface area contributed by atoms with Crippen LogP contribution >= 0.6 is 0 Å². The molecule has 1 aromatic rings. The molecule has 76 valence electrons. The quantitative estimate of drug-likeness (QED) is 0.658. The van der Waals surface area contributed by atoms with Crippen LogP contribution in [0.2, 0.25) is 0 Å². The van der Waals surface area contributed by atoms with E-state index in [4.69, 9.17) is 0 Å². The number of β-amino-alcohol motifs (C(OH)–C–C–N with tert-alkyl or cyclic N) is 1.